The summed E-state index contributed by atoms with van der Waals surface area (Å²) in [6.07, 6.45) is -0.350. The van der Waals surface area contributed by atoms with Gasteiger partial charge in [-0.05, 0) is 12.1 Å². The molecule has 1 heterocycles. The third kappa shape index (κ3) is 4.27. The summed E-state index contributed by atoms with van der Waals surface area (Å²) in [4.78, 5) is 23.5. The van der Waals surface area contributed by atoms with E-state index >= 15 is 0 Å². The highest BCUT2D eigenvalue weighted by molar-refractivity contribution is 5.75. The van der Waals surface area contributed by atoms with Crippen LogP contribution in [0.2, 0.25) is 0 Å². The van der Waals surface area contributed by atoms with Crippen LogP contribution in [-0.4, -0.2) is 54.9 Å². The fourth-order valence-corrected chi connectivity index (χ4v) is 1.86. The zero-order chi connectivity index (χ0) is 15.2. The standard InChI is InChI=1S/C14H18N2O5/c1-16(7-6-13(17)18)14(19)15-8-10-9-20-11-4-2-3-5-12(11)21-10/h2-5,10H,6-9H2,1H3,(H,15,19)(H,17,18). The van der Waals surface area contributed by atoms with Crippen LogP contribution in [0, 0.1) is 0 Å². The van der Waals surface area contributed by atoms with Crippen molar-refractivity contribution in [3.8, 4) is 11.5 Å². The normalized spacial score (nSPS) is 16.1. The van der Waals surface area contributed by atoms with E-state index in [9.17, 15) is 9.59 Å². The molecule has 0 aromatic heterocycles. The van der Waals surface area contributed by atoms with E-state index in [2.05, 4.69) is 5.32 Å². The van der Waals surface area contributed by atoms with Gasteiger partial charge in [-0.1, -0.05) is 12.1 Å². The minimum absolute atomic E-state index is 0.0830. The topological polar surface area (TPSA) is 88.1 Å². The van der Waals surface area contributed by atoms with Crippen LogP contribution in [0.1, 0.15) is 6.42 Å². The number of hydrogen-bond acceptors (Lipinski definition) is 4. The average molecular weight is 294 g/mol. The van der Waals surface area contributed by atoms with E-state index < -0.39 is 5.97 Å². The van der Waals surface area contributed by atoms with Crippen molar-refractivity contribution in [1.29, 1.82) is 0 Å². The Balaban J connectivity index is 1.76. The van der Waals surface area contributed by atoms with Crippen LogP contribution in [0.25, 0.3) is 0 Å². The van der Waals surface area contributed by atoms with Gasteiger partial charge >= 0.3 is 12.0 Å². The molecule has 2 amide bonds. The number of fused-ring (bicyclic) bond motifs is 1. The van der Waals surface area contributed by atoms with E-state index in [4.69, 9.17) is 14.6 Å². The van der Waals surface area contributed by atoms with Crippen molar-refractivity contribution in [3.63, 3.8) is 0 Å². The Morgan fingerprint density at radius 1 is 1.38 bits per heavy atom. The lowest BCUT2D eigenvalue weighted by molar-refractivity contribution is -0.137. The molecule has 1 aliphatic heterocycles. The maximum Gasteiger partial charge on any atom is 0.317 e. The molecule has 0 saturated carbocycles. The second-order valence-corrected chi connectivity index (χ2v) is 4.75. The van der Waals surface area contributed by atoms with Gasteiger partial charge in [0.25, 0.3) is 0 Å². The molecular weight excluding hydrogens is 276 g/mol. The number of aliphatic carboxylic acids is 1. The molecule has 0 fully saturated rings. The van der Waals surface area contributed by atoms with Gasteiger partial charge in [0.2, 0.25) is 0 Å². The molecular formula is C14H18N2O5. The Morgan fingerprint density at radius 2 is 2.10 bits per heavy atom. The minimum atomic E-state index is -0.935. The van der Waals surface area contributed by atoms with E-state index in [1.54, 1.807) is 7.05 Å². The largest absolute Gasteiger partial charge is 0.486 e. The quantitative estimate of drug-likeness (QED) is 0.844. The fourth-order valence-electron chi connectivity index (χ4n) is 1.86. The summed E-state index contributed by atoms with van der Waals surface area (Å²) in [5.41, 5.74) is 0. The third-order valence-corrected chi connectivity index (χ3v) is 3.06. The van der Waals surface area contributed by atoms with Gasteiger partial charge in [0.05, 0.1) is 13.0 Å². The number of para-hydroxylation sites is 2. The maximum absolute atomic E-state index is 11.8. The number of nitrogens with zero attached hydrogens (tertiary/aromatic N) is 1. The number of amides is 2. The molecule has 1 aromatic rings. The lowest BCUT2D eigenvalue weighted by atomic mass is 10.2. The Kier molecular flexibility index (Phi) is 4.86. The van der Waals surface area contributed by atoms with Gasteiger partial charge in [-0.25, -0.2) is 4.79 Å². The number of carboxylic acids is 1. The number of rotatable bonds is 5. The number of nitrogens with one attached hydrogen (secondary N) is 1. The van der Waals surface area contributed by atoms with Gasteiger partial charge in [0.15, 0.2) is 17.6 Å². The molecule has 1 atom stereocenters. The molecule has 1 unspecified atom stereocenters. The van der Waals surface area contributed by atoms with E-state index in [1.807, 2.05) is 24.3 Å². The van der Waals surface area contributed by atoms with Crippen LogP contribution in [-0.2, 0) is 4.79 Å². The first-order chi connectivity index (χ1) is 10.1. The molecule has 0 radical (unpaired) electrons. The summed E-state index contributed by atoms with van der Waals surface area (Å²) in [6.45, 7) is 0.812. The number of hydrogen-bond donors (Lipinski definition) is 2. The zero-order valence-electron chi connectivity index (χ0n) is 11.7. The second-order valence-electron chi connectivity index (χ2n) is 4.75. The highest BCUT2D eigenvalue weighted by Crippen LogP contribution is 2.30. The van der Waals surface area contributed by atoms with Gasteiger partial charge in [-0.15, -0.1) is 0 Å². The van der Waals surface area contributed by atoms with Gasteiger partial charge in [-0.2, -0.15) is 0 Å². The third-order valence-electron chi connectivity index (χ3n) is 3.06. The Morgan fingerprint density at radius 3 is 2.81 bits per heavy atom. The maximum atomic E-state index is 11.8. The van der Waals surface area contributed by atoms with Crippen LogP contribution >= 0.6 is 0 Å². The number of carbonyl (C=O) groups excluding carboxylic acids is 1. The lowest BCUT2D eigenvalue weighted by Gasteiger charge is -2.27. The molecule has 1 aromatic carbocycles. The molecule has 0 bridgehead atoms. The smallest absolute Gasteiger partial charge is 0.317 e. The van der Waals surface area contributed by atoms with Gasteiger partial charge in [0.1, 0.15) is 6.61 Å². The summed E-state index contributed by atoms with van der Waals surface area (Å²) in [5, 5.41) is 11.3. The monoisotopic (exact) mass is 294 g/mol. The molecule has 7 nitrogen and oxygen atoms in total. The number of ether oxygens (including phenoxy) is 2. The predicted octanol–water partition coefficient (Wildman–Crippen LogP) is 0.942. The Labute approximate surface area is 122 Å². The van der Waals surface area contributed by atoms with Crippen LogP contribution in [0.4, 0.5) is 4.79 Å². The van der Waals surface area contributed by atoms with Gasteiger partial charge < -0.3 is 24.8 Å². The highest BCUT2D eigenvalue weighted by atomic mass is 16.6. The van der Waals surface area contributed by atoms with E-state index in [0.29, 0.717) is 24.7 Å². The molecule has 2 rings (SSSR count). The van der Waals surface area contributed by atoms with Crippen molar-refractivity contribution in [1.82, 2.24) is 10.2 Å². The summed E-state index contributed by atoms with van der Waals surface area (Å²) >= 11 is 0. The summed E-state index contributed by atoms with van der Waals surface area (Å²) in [5.74, 6) is 0.413. The first-order valence-electron chi connectivity index (χ1n) is 6.65. The zero-order valence-corrected chi connectivity index (χ0v) is 11.7. The number of carboxylic acid groups (broad SMARTS) is 1. The van der Waals surface area contributed by atoms with Crippen molar-refractivity contribution in [3.05, 3.63) is 24.3 Å². The summed E-state index contributed by atoms with van der Waals surface area (Å²) < 4.78 is 11.2. The Hall–Kier alpha value is -2.44. The van der Waals surface area contributed by atoms with Crippen molar-refractivity contribution in [2.75, 3.05) is 26.7 Å². The molecule has 0 aliphatic carbocycles. The van der Waals surface area contributed by atoms with Crippen LogP contribution in [0.15, 0.2) is 24.3 Å². The van der Waals surface area contributed by atoms with Crippen molar-refractivity contribution in [2.45, 2.75) is 12.5 Å². The minimum Gasteiger partial charge on any atom is -0.486 e. The molecule has 0 saturated heterocycles. The van der Waals surface area contributed by atoms with Crippen LogP contribution in [0.5, 0.6) is 11.5 Å². The molecule has 1 aliphatic rings. The summed E-state index contributed by atoms with van der Waals surface area (Å²) in [7, 11) is 1.55. The number of urea groups is 1. The Bertz CT molecular complexity index is 520. The van der Waals surface area contributed by atoms with Crippen molar-refractivity contribution < 1.29 is 24.2 Å². The van der Waals surface area contributed by atoms with Gasteiger partial charge in [0, 0.05) is 13.6 Å². The van der Waals surface area contributed by atoms with E-state index in [1.165, 1.54) is 4.90 Å². The molecule has 114 valence electrons. The number of carbonyl (C=O) groups is 2. The fraction of sp³-hybridized carbons (Fsp3) is 0.429. The summed E-state index contributed by atoms with van der Waals surface area (Å²) in [6, 6.07) is 7.01. The van der Waals surface area contributed by atoms with Crippen LogP contribution < -0.4 is 14.8 Å². The average Bonchev–Trinajstić information content (AvgIpc) is 2.49. The first kappa shape index (κ1) is 15.0. The molecule has 21 heavy (non-hydrogen) atoms. The first-order valence-corrected chi connectivity index (χ1v) is 6.65. The van der Waals surface area contributed by atoms with Crippen LogP contribution in [0.3, 0.4) is 0 Å². The van der Waals surface area contributed by atoms with E-state index in [-0.39, 0.29) is 25.1 Å². The number of benzene rings is 1. The van der Waals surface area contributed by atoms with Gasteiger partial charge in [-0.3, -0.25) is 4.79 Å². The van der Waals surface area contributed by atoms with E-state index in [0.717, 1.165) is 0 Å². The SMILES string of the molecule is CN(CCC(=O)O)C(=O)NCC1COc2ccccc2O1. The molecule has 2 N–H and O–H groups in total. The second kappa shape index (κ2) is 6.83. The molecule has 0 spiro atoms. The predicted molar refractivity (Wildman–Crippen MR) is 74.6 cm³/mol. The van der Waals surface area contributed by atoms with Crippen molar-refractivity contribution in [2.24, 2.45) is 0 Å². The van der Waals surface area contributed by atoms with Crippen molar-refractivity contribution >= 4 is 12.0 Å². The highest BCUT2D eigenvalue weighted by Gasteiger charge is 2.21. The lowest BCUT2D eigenvalue weighted by Crippen LogP contribution is -2.45. The molecule has 7 heteroatoms.